The van der Waals surface area contributed by atoms with E-state index in [9.17, 15) is 0 Å². The van der Waals surface area contributed by atoms with Crippen molar-refractivity contribution in [1.82, 2.24) is 0 Å². The van der Waals surface area contributed by atoms with Crippen molar-refractivity contribution >= 4 is 0 Å². The van der Waals surface area contributed by atoms with Crippen molar-refractivity contribution in [3.63, 3.8) is 0 Å². The Labute approximate surface area is 130 Å². The zero-order valence-corrected chi connectivity index (χ0v) is 14.3. The van der Waals surface area contributed by atoms with Crippen LogP contribution in [0.2, 0.25) is 0 Å². The quantitative estimate of drug-likeness (QED) is 0.603. The van der Waals surface area contributed by atoms with Crippen molar-refractivity contribution in [2.24, 2.45) is 17.3 Å². The summed E-state index contributed by atoms with van der Waals surface area (Å²) in [6.45, 7) is 14.1. The van der Waals surface area contributed by atoms with Gasteiger partial charge in [0.15, 0.2) is 0 Å². The van der Waals surface area contributed by atoms with Crippen LogP contribution in [0.3, 0.4) is 0 Å². The minimum atomic E-state index is 0.338. The van der Waals surface area contributed by atoms with E-state index in [-0.39, 0.29) is 0 Å². The van der Waals surface area contributed by atoms with Gasteiger partial charge in [-0.3, -0.25) is 0 Å². The van der Waals surface area contributed by atoms with Crippen LogP contribution in [-0.2, 0) is 0 Å². The zero-order chi connectivity index (χ0) is 15.4. The lowest BCUT2D eigenvalue weighted by Gasteiger charge is -2.38. The van der Waals surface area contributed by atoms with Crippen LogP contribution in [0.25, 0.3) is 0 Å². The number of fused-ring (bicyclic) bond motifs is 1. The van der Waals surface area contributed by atoms with E-state index in [0.29, 0.717) is 23.2 Å². The van der Waals surface area contributed by atoms with Crippen LogP contribution in [-0.4, -0.2) is 0 Å². The van der Waals surface area contributed by atoms with E-state index in [0.717, 1.165) is 0 Å². The van der Waals surface area contributed by atoms with E-state index in [1.54, 1.807) is 11.1 Å². The van der Waals surface area contributed by atoms with E-state index in [4.69, 9.17) is 0 Å². The van der Waals surface area contributed by atoms with Crippen LogP contribution in [0.4, 0.5) is 0 Å². The van der Waals surface area contributed by atoms with E-state index >= 15 is 0 Å². The average Bonchev–Trinajstić information content (AvgIpc) is 2.72. The molecule has 4 atom stereocenters. The summed E-state index contributed by atoms with van der Waals surface area (Å²) < 4.78 is 0. The maximum atomic E-state index is 2.48. The predicted octanol–water partition coefficient (Wildman–Crippen LogP) is 5.87. The molecule has 1 fully saturated rings. The molecule has 0 heterocycles. The monoisotopic (exact) mass is 280 g/mol. The van der Waals surface area contributed by atoms with Gasteiger partial charge in [-0.2, -0.15) is 0 Å². The second-order valence-corrected chi connectivity index (χ2v) is 7.48. The second-order valence-electron chi connectivity index (χ2n) is 7.48. The van der Waals surface area contributed by atoms with Gasteiger partial charge in [0.25, 0.3) is 0 Å². The maximum absolute atomic E-state index is 2.48. The fourth-order valence-electron chi connectivity index (χ4n) is 4.70. The Balaban J connectivity index is 2.05. The molecule has 0 bridgehead atoms. The molecular weight excluding hydrogens is 252 g/mol. The first-order chi connectivity index (χ1) is 9.87. The molecule has 0 saturated heterocycles. The third-order valence-corrected chi connectivity index (χ3v) is 6.87. The molecule has 0 heteroatoms. The lowest BCUT2D eigenvalue weighted by atomic mass is 9.66. The number of hydrogen-bond donors (Lipinski definition) is 0. The highest BCUT2D eigenvalue weighted by molar-refractivity contribution is 5.43. The van der Waals surface area contributed by atoms with Gasteiger partial charge < -0.3 is 0 Å². The summed E-state index contributed by atoms with van der Waals surface area (Å²) in [6.07, 6.45) is 8.33. The zero-order valence-electron chi connectivity index (χ0n) is 14.3. The van der Waals surface area contributed by atoms with Crippen molar-refractivity contribution < 1.29 is 0 Å². The maximum Gasteiger partial charge on any atom is -0.00216 e. The Morgan fingerprint density at radius 1 is 1.05 bits per heavy atom. The molecule has 0 spiro atoms. The normalized spacial score (nSPS) is 34.8. The van der Waals surface area contributed by atoms with Crippen molar-refractivity contribution in [2.75, 3.05) is 0 Å². The number of aryl methyl sites for hydroxylation is 1. The molecule has 0 N–H and O–H groups in total. The first-order valence-corrected chi connectivity index (χ1v) is 8.29. The Morgan fingerprint density at radius 2 is 1.76 bits per heavy atom. The molecule has 1 saturated carbocycles. The Bertz CT molecular complexity index is 632. The lowest BCUT2D eigenvalue weighted by molar-refractivity contribution is 0.247. The molecule has 0 aromatic heterocycles. The highest BCUT2D eigenvalue weighted by atomic mass is 14.5. The summed E-state index contributed by atoms with van der Waals surface area (Å²) in [5, 5.41) is 0. The van der Waals surface area contributed by atoms with Gasteiger partial charge in [-0.25, -0.2) is 0 Å². The summed E-state index contributed by atoms with van der Waals surface area (Å²) in [5.74, 6) is 2.08. The second kappa shape index (κ2) is 4.87. The van der Waals surface area contributed by atoms with Gasteiger partial charge in [-0.15, -0.1) is 0 Å². The SMILES string of the molecule is CC1=CC=CC2CC(c3ccc(C)c(C)c3C)C(C)C12C. The van der Waals surface area contributed by atoms with Crippen molar-refractivity contribution in [2.45, 2.75) is 53.9 Å². The molecule has 1 aromatic rings. The smallest absolute Gasteiger partial charge is 0.00216 e. The van der Waals surface area contributed by atoms with Gasteiger partial charge in [0, 0.05) is 0 Å². The summed E-state index contributed by atoms with van der Waals surface area (Å²) in [5.41, 5.74) is 7.89. The number of benzene rings is 1. The van der Waals surface area contributed by atoms with Crippen molar-refractivity contribution in [1.29, 1.82) is 0 Å². The molecule has 2 aliphatic rings. The third-order valence-electron chi connectivity index (χ3n) is 6.87. The third kappa shape index (κ3) is 1.95. The molecule has 0 amide bonds. The molecule has 0 nitrogen and oxygen atoms in total. The van der Waals surface area contributed by atoms with Crippen LogP contribution >= 0.6 is 0 Å². The fourth-order valence-corrected chi connectivity index (χ4v) is 4.70. The topological polar surface area (TPSA) is 0 Å². The molecule has 3 rings (SSSR count). The molecule has 1 aromatic carbocycles. The Hall–Kier alpha value is -1.30. The molecule has 0 aliphatic heterocycles. The van der Waals surface area contributed by atoms with Gasteiger partial charge in [-0.05, 0) is 79.5 Å². The molecule has 4 unspecified atom stereocenters. The predicted molar refractivity (Wildman–Crippen MR) is 91.7 cm³/mol. The van der Waals surface area contributed by atoms with Gasteiger partial charge in [-0.1, -0.05) is 49.8 Å². The summed E-state index contributed by atoms with van der Waals surface area (Å²) in [7, 11) is 0. The largest absolute Gasteiger partial charge is 0.0805 e. The van der Waals surface area contributed by atoms with E-state index < -0.39 is 0 Å². The summed E-state index contributed by atoms with van der Waals surface area (Å²) >= 11 is 0. The number of allylic oxidation sites excluding steroid dienone is 4. The summed E-state index contributed by atoms with van der Waals surface area (Å²) in [6, 6.07) is 4.70. The fraction of sp³-hybridized carbons (Fsp3) is 0.524. The molecular formula is C21H28. The molecule has 112 valence electrons. The highest BCUT2D eigenvalue weighted by Crippen LogP contribution is 2.60. The first-order valence-electron chi connectivity index (χ1n) is 8.29. The average molecular weight is 280 g/mol. The van der Waals surface area contributed by atoms with Crippen LogP contribution in [0.1, 0.15) is 55.4 Å². The summed E-state index contributed by atoms with van der Waals surface area (Å²) in [4.78, 5) is 0. The minimum absolute atomic E-state index is 0.338. The van der Waals surface area contributed by atoms with Gasteiger partial charge in [0.05, 0.1) is 0 Å². The molecule has 21 heavy (non-hydrogen) atoms. The number of hydrogen-bond acceptors (Lipinski definition) is 0. The van der Waals surface area contributed by atoms with Gasteiger partial charge in [0.2, 0.25) is 0 Å². The van der Waals surface area contributed by atoms with Crippen LogP contribution < -0.4 is 0 Å². The van der Waals surface area contributed by atoms with E-state index in [2.05, 4.69) is 71.9 Å². The van der Waals surface area contributed by atoms with Crippen molar-refractivity contribution in [3.8, 4) is 0 Å². The highest BCUT2D eigenvalue weighted by Gasteiger charge is 2.50. The lowest BCUT2D eigenvalue weighted by Crippen LogP contribution is -2.30. The van der Waals surface area contributed by atoms with Crippen molar-refractivity contribution in [3.05, 3.63) is 58.2 Å². The van der Waals surface area contributed by atoms with E-state index in [1.165, 1.54) is 23.1 Å². The van der Waals surface area contributed by atoms with Crippen LogP contribution in [0.5, 0.6) is 0 Å². The van der Waals surface area contributed by atoms with Crippen LogP contribution in [0, 0.1) is 38.0 Å². The van der Waals surface area contributed by atoms with Gasteiger partial charge >= 0.3 is 0 Å². The van der Waals surface area contributed by atoms with E-state index in [1.807, 2.05) is 0 Å². The van der Waals surface area contributed by atoms with Crippen LogP contribution in [0.15, 0.2) is 35.9 Å². The first kappa shape index (κ1) is 14.6. The van der Waals surface area contributed by atoms with Gasteiger partial charge in [0.1, 0.15) is 0 Å². The number of rotatable bonds is 1. The molecule has 2 aliphatic carbocycles. The Kier molecular flexibility index (Phi) is 3.39. The Morgan fingerprint density at radius 3 is 2.43 bits per heavy atom. The molecule has 0 radical (unpaired) electrons. The standard InChI is InChI=1S/C21H28/c1-13-10-11-19(16(4)15(13)3)20-12-18-9-7-8-14(2)21(18,6)17(20)5/h7-11,17-18,20H,12H2,1-6H3. The minimum Gasteiger partial charge on any atom is -0.0805 e.